The zero-order valence-electron chi connectivity index (χ0n) is 6.95. The lowest BCUT2D eigenvalue weighted by Crippen LogP contribution is -1.89. The average Bonchev–Trinajstić information content (AvgIpc) is 2.62. The number of nitriles is 1. The second-order valence-electron chi connectivity index (χ2n) is 2.71. The quantitative estimate of drug-likeness (QED) is 0.742. The number of carbonyl (C=O) groups excluding carboxylic acids is 1. The van der Waals surface area contributed by atoms with Crippen LogP contribution in [0, 0.1) is 11.3 Å². The van der Waals surface area contributed by atoms with Crippen LogP contribution in [0.15, 0.2) is 22.0 Å². The molecule has 0 aliphatic heterocycles. The van der Waals surface area contributed by atoms with Crippen molar-refractivity contribution in [3.05, 3.63) is 33.1 Å². The van der Waals surface area contributed by atoms with Gasteiger partial charge in [0.15, 0.2) is 6.29 Å². The van der Waals surface area contributed by atoms with Gasteiger partial charge in [-0.3, -0.25) is 4.79 Å². The normalized spacial score (nSPS) is 10.0. The number of nitrogens with zero attached hydrogens (tertiary/aromatic N) is 1. The highest BCUT2D eigenvalue weighted by Crippen LogP contribution is 2.31. The number of rotatable bonds is 1. The summed E-state index contributed by atoms with van der Waals surface area (Å²) in [4.78, 5) is 10.8. The van der Waals surface area contributed by atoms with Crippen molar-refractivity contribution < 1.29 is 4.79 Å². The first-order chi connectivity index (χ1) is 6.77. The Morgan fingerprint density at radius 2 is 2.36 bits per heavy atom. The second-order valence-corrected chi connectivity index (χ2v) is 4.51. The molecule has 4 heteroatoms. The smallest absolute Gasteiger partial charge is 0.152 e. The van der Waals surface area contributed by atoms with E-state index in [0.717, 1.165) is 10.1 Å². The van der Waals surface area contributed by atoms with Crippen molar-refractivity contribution in [1.82, 2.24) is 0 Å². The van der Waals surface area contributed by atoms with Crippen molar-refractivity contribution in [1.29, 1.82) is 5.26 Å². The van der Waals surface area contributed by atoms with Crippen LogP contribution in [0.1, 0.15) is 15.9 Å². The Morgan fingerprint density at radius 1 is 1.57 bits per heavy atom. The molecule has 0 bridgehead atoms. The van der Waals surface area contributed by atoms with Crippen LogP contribution >= 0.6 is 27.3 Å². The predicted octanol–water partition coefficient (Wildman–Crippen LogP) is 3.35. The van der Waals surface area contributed by atoms with Crippen LogP contribution < -0.4 is 0 Å². The molecular weight excluding hydrogens is 262 g/mol. The van der Waals surface area contributed by atoms with Crippen LogP contribution in [0.2, 0.25) is 0 Å². The van der Waals surface area contributed by atoms with E-state index < -0.39 is 0 Å². The molecule has 68 valence electrons. The molecule has 0 amide bonds. The summed E-state index contributed by atoms with van der Waals surface area (Å²) in [6.07, 6.45) is 0.708. The number of hydrogen-bond acceptors (Lipinski definition) is 3. The predicted molar refractivity (Wildman–Crippen MR) is 59.6 cm³/mol. The van der Waals surface area contributed by atoms with Crippen LogP contribution in [-0.2, 0) is 0 Å². The lowest BCUT2D eigenvalue weighted by Gasteiger charge is -2.00. The SMILES string of the molecule is N#Cc1c(C=O)c(Br)cc2sccc12. The van der Waals surface area contributed by atoms with Crippen molar-refractivity contribution in [2.75, 3.05) is 0 Å². The molecule has 2 aromatic rings. The zero-order valence-corrected chi connectivity index (χ0v) is 9.35. The van der Waals surface area contributed by atoms with Crippen molar-refractivity contribution in [2.45, 2.75) is 0 Å². The largest absolute Gasteiger partial charge is 0.298 e. The van der Waals surface area contributed by atoms with Gasteiger partial charge in [0.05, 0.1) is 5.56 Å². The summed E-state index contributed by atoms with van der Waals surface area (Å²) in [6.45, 7) is 0. The van der Waals surface area contributed by atoms with E-state index in [4.69, 9.17) is 5.26 Å². The molecule has 0 unspecified atom stereocenters. The van der Waals surface area contributed by atoms with Crippen molar-refractivity contribution >= 4 is 43.6 Å². The zero-order chi connectivity index (χ0) is 10.1. The van der Waals surface area contributed by atoms with E-state index in [1.54, 1.807) is 11.3 Å². The van der Waals surface area contributed by atoms with Gasteiger partial charge in [-0.2, -0.15) is 5.26 Å². The molecule has 0 aliphatic rings. The second kappa shape index (κ2) is 3.52. The summed E-state index contributed by atoms with van der Waals surface area (Å²) in [6, 6.07) is 5.79. The monoisotopic (exact) mass is 265 g/mol. The van der Waals surface area contributed by atoms with E-state index in [-0.39, 0.29) is 0 Å². The van der Waals surface area contributed by atoms with E-state index in [0.29, 0.717) is 21.9 Å². The van der Waals surface area contributed by atoms with Crippen molar-refractivity contribution in [3.63, 3.8) is 0 Å². The van der Waals surface area contributed by atoms with Gasteiger partial charge in [0, 0.05) is 20.1 Å². The fraction of sp³-hybridized carbons (Fsp3) is 0. The van der Waals surface area contributed by atoms with Gasteiger partial charge in [0.25, 0.3) is 0 Å². The number of hydrogen-bond donors (Lipinski definition) is 0. The lowest BCUT2D eigenvalue weighted by atomic mass is 10.1. The number of carbonyl (C=O) groups is 1. The molecule has 0 radical (unpaired) electrons. The standard InChI is InChI=1S/C10H4BrNOS/c11-9-3-10-6(1-2-14-10)7(4-12)8(9)5-13/h1-3,5H. The summed E-state index contributed by atoms with van der Waals surface area (Å²) in [5, 5.41) is 11.7. The molecule has 2 nitrogen and oxygen atoms in total. The van der Waals surface area contributed by atoms with Crippen molar-refractivity contribution in [3.8, 4) is 6.07 Å². The van der Waals surface area contributed by atoms with Crippen LogP contribution in [0.5, 0.6) is 0 Å². The van der Waals surface area contributed by atoms with Gasteiger partial charge in [-0.25, -0.2) is 0 Å². The average molecular weight is 266 g/mol. The molecule has 0 spiro atoms. The molecular formula is C10H4BrNOS. The fourth-order valence-electron chi connectivity index (χ4n) is 1.33. The summed E-state index contributed by atoms with van der Waals surface area (Å²) in [5.74, 6) is 0. The molecule has 1 heterocycles. The first kappa shape index (κ1) is 9.38. The number of aldehydes is 1. The minimum Gasteiger partial charge on any atom is -0.298 e. The fourth-order valence-corrected chi connectivity index (χ4v) is 2.84. The molecule has 0 fully saturated rings. The van der Waals surface area contributed by atoms with E-state index in [1.807, 2.05) is 17.5 Å². The summed E-state index contributed by atoms with van der Waals surface area (Å²) in [7, 11) is 0. The van der Waals surface area contributed by atoms with E-state index in [1.165, 1.54) is 0 Å². The first-order valence-electron chi connectivity index (χ1n) is 3.83. The molecule has 1 aromatic heterocycles. The summed E-state index contributed by atoms with van der Waals surface area (Å²) < 4.78 is 1.69. The molecule has 0 saturated heterocycles. The molecule has 0 atom stereocenters. The van der Waals surface area contributed by atoms with Crippen LogP contribution in [0.4, 0.5) is 0 Å². The van der Waals surface area contributed by atoms with E-state index >= 15 is 0 Å². The highest BCUT2D eigenvalue weighted by atomic mass is 79.9. The maximum Gasteiger partial charge on any atom is 0.152 e. The van der Waals surface area contributed by atoms with E-state index in [2.05, 4.69) is 22.0 Å². The number of benzene rings is 1. The maximum absolute atomic E-state index is 10.8. The lowest BCUT2D eigenvalue weighted by molar-refractivity contribution is 0.112. The maximum atomic E-state index is 10.8. The van der Waals surface area contributed by atoms with Crippen LogP contribution in [0.25, 0.3) is 10.1 Å². The Kier molecular flexibility index (Phi) is 2.36. The summed E-state index contributed by atoms with van der Waals surface area (Å²) >= 11 is 4.83. The molecule has 0 aliphatic carbocycles. The molecule has 0 N–H and O–H groups in total. The van der Waals surface area contributed by atoms with Gasteiger partial charge in [-0.15, -0.1) is 11.3 Å². The molecule has 14 heavy (non-hydrogen) atoms. The molecule has 0 saturated carbocycles. The van der Waals surface area contributed by atoms with Gasteiger partial charge in [0.1, 0.15) is 6.07 Å². The Bertz CT molecular complexity index is 553. The highest BCUT2D eigenvalue weighted by molar-refractivity contribution is 9.10. The van der Waals surface area contributed by atoms with Gasteiger partial charge in [-0.05, 0) is 33.4 Å². The van der Waals surface area contributed by atoms with E-state index in [9.17, 15) is 4.79 Å². The van der Waals surface area contributed by atoms with Gasteiger partial charge in [-0.1, -0.05) is 0 Å². The number of thiophene rings is 1. The Hall–Kier alpha value is -1.18. The Labute approximate surface area is 92.9 Å². The Balaban J connectivity index is 2.98. The molecule has 2 rings (SSSR count). The van der Waals surface area contributed by atoms with Gasteiger partial charge in [0.2, 0.25) is 0 Å². The van der Waals surface area contributed by atoms with Crippen LogP contribution in [-0.4, -0.2) is 6.29 Å². The van der Waals surface area contributed by atoms with Gasteiger partial charge < -0.3 is 0 Å². The highest BCUT2D eigenvalue weighted by Gasteiger charge is 2.11. The van der Waals surface area contributed by atoms with Gasteiger partial charge >= 0.3 is 0 Å². The Morgan fingerprint density at radius 3 is 3.00 bits per heavy atom. The third kappa shape index (κ3) is 1.26. The van der Waals surface area contributed by atoms with Crippen molar-refractivity contribution in [2.24, 2.45) is 0 Å². The minimum absolute atomic E-state index is 0.429. The third-order valence-corrected chi connectivity index (χ3v) is 3.50. The van der Waals surface area contributed by atoms with Crippen LogP contribution in [0.3, 0.4) is 0 Å². The molecule has 1 aromatic carbocycles. The third-order valence-electron chi connectivity index (χ3n) is 1.98. The minimum atomic E-state index is 0.429. The first-order valence-corrected chi connectivity index (χ1v) is 5.50. The number of fused-ring (bicyclic) bond motifs is 1. The number of halogens is 1. The topological polar surface area (TPSA) is 40.9 Å². The summed E-state index contributed by atoms with van der Waals surface area (Å²) in [5.41, 5.74) is 0.879.